The molecule has 0 unspecified atom stereocenters. The summed E-state index contributed by atoms with van der Waals surface area (Å²) < 4.78 is 16.4. The molecule has 33 heavy (non-hydrogen) atoms. The molecule has 0 aromatic heterocycles. The fraction of sp³-hybridized carbons (Fsp3) is 0.708. The van der Waals surface area contributed by atoms with Crippen LogP contribution in [0, 0.1) is 0 Å². The fourth-order valence-electron chi connectivity index (χ4n) is 4.62. The van der Waals surface area contributed by atoms with Gasteiger partial charge in [0, 0.05) is 52.9 Å². The van der Waals surface area contributed by atoms with Crippen molar-refractivity contribution < 1.29 is 14.2 Å². The van der Waals surface area contributed by atoms with E-state index in [1.54, 1.807) is 21.3 Å². The minimum atomic E-state index is 0. The third-order valence-electron chi connectivity index (χ3n) is 6.42. The zero-order valence-corrected chi connectivity index (χ0v) is 23.1. The molecule has 0 aliphatic carbocycles. The number of rotatable bonds is 8. The van der Waals surface area contributed by atoms with Gasteiger partial charge in [-0.2, -0.15) is 0 Å². The maximum atomic E-state index is 5.50. The second-order valence-electron chi connectivity index (χ2n) is 8.53. The Morgan fingerprint density at radius 3 is 1.97 bits per heavy atom. The zero-order valence-electron chi connectivity index (χ0n) is 20.8. The normalized spacial score (nSPS) is 18.3. The maximum Gasteiger partial charge on any atom is 0.203 e. The number of likely N-dealkylation sites (tertiary alicyclic amines) is 1. The molecule has 0 saturated carbocycles. The van der Waals surface area contributed by atoms with E-state index in [9.17, 15) is 0 Å². The van der Waals surface area contributed by atoms with Gasteiger partial charge in [0.25, 0.3) is 0 Å². The monoisotopic (exact) mass is 575 g/mol. The number of methoxy groups -OCH3 is 3. The van der Waals surface area contributed by atoms with E-state index in [-0.39, 0.29) is 24.0 Å². The van der Waals surface area contributed by atoms with Crippen LogP contribution in [0.25, 0.3) is 0 Å². The van der Waals surface area contributed by atoms with Crippen molar-refractivity contribution in [2.75, 3.05) is 80.7 Å². The number of nitrogens with zero attached hydrogens (tertiary/aromatic N) is 4. The number of benzene rings is 1. The maximum absolute atomic E-state index is 5.50. The van der Waals surface area contributed by atoms with Crippen LogP contribution in [0.1, 0.15) is 31.2 Å². The lowest BCUT2D eigenvalue weighted by Gasteiger charge is -2.36. The molecule has 2 heterocycles. The van der Waals surface area contributed by atoms with E-state index >= 15 is 0 Å². The highest BCUT2D eigenvalue weighted by Gasteiger charge is 2.21. The summed E-state index contributed by atoms with van der Waals surface area (Å²) in [5, 5.41) is 3.58. The minimum Gasteiger partial charge on any atom is -0.493 e. The number of halogens is 1. The van der Waals surface area contributed by atoms with Gasteiger partial charge in [-0.25, -0.2) is 0 Å². The molecule has 1 aromatic carbocycles. The van der Waals surface area contributed by atoms with Crippen LogP contribution in [-0.2, 0) is 6.54 Å². The molecule has 2 aliphatic heterocycles. The number of hydrogen-bond donors (Lipinski definition) is 1. The lowest BCUT2D eigenvalue weighted by Crippen LogP contribution is -2.53. The Morgan fingerprint density at radius 2 is 1.45 bits per heavy atom. The second kappa shape index (κ2) is 14.7. The summed E-state index contributed by atoms with van der Waals surface area (Å²) in [7, 11) is 6.83. The average Bonchev–Trinajstić information content (AvgIpc) is 3.10. The van der Waals surface area contributed by atoms with Crippen molar-refractivity contribution in [1.82, 2.24) is 20.0 Å². The molecular formula is C24H42IN5O3. The van der Waals surface area contributed by atoms with Gasteiger partial charge < -0.3 is 29.3 Å². The highest BCUT2D eigenvalue weighted by Crippen LogP contribution is 2.38. The van der Waals surface area contributed by atoms with Crippen LogP contribution in [-0.4, -0.2) is 101 Å². The summed E-state index contributed by atoms with van der Waals surface area (Å²) in [5.41, 5.74) is 1.16. The van der Waals surface area contributed by atoms with Gasteiger partial charge in [0.15, 0.2) is 17.5 Å². The molecule has 1 N–H and O–H groups in total. The number of guanidine groups is 1. The minimum absolute atomic E-state index is 0. The molecule has 0 radical (unpaired) electrons. The molecule has 188 valence electrons. The van der Waals surface area contributed by atoms with Gasteiger partial charge in [0.2, 0.25) is 5.75 Å². The highest BCUT2D eigenvalue weighted by molar-refractivity contribution is 14.0. The van der Waals surface area contributed by atoms with E-state index < -0.39 is 0 Å². The van der Waals surface area contributed by atoms with Crippen LogP contribution in [0.3, 0.4) is 0 Å². The lowest BCUT2D eigenvalue weighted by molar-refractivity contribution is 0.171. The average molecular weight is 576 g/mol. The number of hydrogen-bond acceptors (Lipinski definition) is 6. The Bertz CT molecular complexity index is 708. The summed E-state index contributed by atoms with van der Waals surface area (Å²) in [5.74, 6) is 3.06. The Morgan fingerprint density at radius 1 is 0.848 bits per heavy atom. The summed E-state index contributed by atoms with van der Waals surface area (Å²) in [6, 6.07) is 4.08. The van der Waals surface area contributed by atoms with E-state index in [1.807, 2.05) is 19.2 Å². The molecule has 2 fully saturated rings. The van der Waals surface area contributed by atoms with Gasteiger partial charge in [-0.15, -0.1) is 24.0 Å². The van der Waals surface area contributed by atoms with E-state index in [4.69, 9.17) is 14.2 Å². The van der Waals surface area contributed by atoms with Crippen molar-refractivity contribution in [2.45, 2.75) is 32.2 Å². The molecule has 8 nitrogen and oxygen atoms in total. The first-order valence-electron chi connectivity index (χ1n) is 11.9. The van der Waals surface area contributed by atoms with Crippen LogP contribution < -0.4 is 19.5 Å². The van der Waals surface area contributed by atoms with Gasteiger partial charge in [0.1, 0.15) is 0 Å². The molecule has 2 saturated heterocycles. The van der Waals surface area contributed by atoms with Crippen molar-refractivity contribution in [2.24, 2.45) is 4.99 Å². The zero-order chi connectivity index (χ0) is 22.8. The van der Waals surface area contributed by atoms with Crippen LogP contribution in [0.4, 0.5) is 0 Å². The Hall–Kier alpha value is -1.46. The first kappa shape index (κ1) is 27.8. The largest absolute Gasteiger partial charge is 0.493 e. The quantitative estimate of drug-likeness (QED) is 0.291. The molecule has 2 aliphatic rings. The summed E-state index contributed by atoms with van der Waals surface area (Å²) in [6.07, 6.45) is 5.43. The third kappa shape index (κ3) is 8.06. The second-order valence-corrected chi connectivity index (χ2v) is 8.53. The molecular weight excluding hydrogens is 533 g/mol. The first-order chi connectivity index (χ1) is 15.7. The standard InChI is InChI=1S/C24H41N5O3.HI/c1-25-24(26-9-12-27-10-7-5-6-8-11-27)29-15-13-28(14-16-29)19-20-17-21(30-2)23(32-4)22(18-20)31-3;/h17-18H,5-16,19H2,1-4H3,(H,25,26);1H. The molecule has 0 atom stereocenters. The van der Waals surface area contributed by atoms with Gasteiger partial charge in [-0.1, -0.05) is 12.8 Å². The molecule has 9 heteroatoms. The predicted molar refractivity (Wildman–Crippen MR) is 145 cm³/mol. The van der Waals surface area contributed by atoms with Crippen LogP contribution in [0.2, 0.25) is 0 Å². The van der Waals surface area contributed by atoms with E-state index in [1.165, 1.54) is 38.8 Å². The lowest BCUT2D eigenvalue weighted by atomic mass is 10.1. The summed E-state index contributed by atoms with van der Waals surface area (Å²) >= 11 is 0. The van der Waals surface area contributed by atoms with Crippen molar-refractivity contribution >= 4 is 29.9 Å². The van der Waals surface area contributed by atoms with Crippen molar-refractivity contribution in [3.8, 4) is 17.2 Å². The number of piperazine rings is 1. The molecule has 0 spiro atoms. The Labute approximate surface area is 216 Å². The first-order valence-corrected chi connectivity index (χ1v) is 11.9. The van der Waals surface area contributed by atoms with Crippen molar-refractivity contribution in [1.29, 1.82) is 0 Å². The van der Waals surface area contributed by atoms with E-state index in [2.05, 4.69) is 25.0 Å². The smallest absolute Gasteiger partial charge is 0.203 e. The SMILES string of the molecule is CN=C(NCCN1CCCCCC1)N1CCN(Cc2cc(OC)c(OC)c(OC)c2)CC1.I. The van der Waals surface area contributed by atoms with Crippen molar-refractivity contribution in [3.63, 3.8) is 0 Å². The Balaban J connectivity index is 0.00000385. The van der Waals surface area contributed by atoms with Crippen molar-refractivity contribution in [3.05, 3.63) is 17.7 Å². The highest BCUT2D eigenvalue weighted by atomic mass is 127. The number of ether oxygens (including phenoxy) is 3. The third-order valence-corrected chi connectivity index (χ3v) is 6.42. The van der Waals surface area contributed by atoms with Gasteiger partial charge in [-0.3, -0.25) is 9.89 Å². The molecule has 0 amide bonds. The van der Waals surface area contributed by atoms with Gasteiger partial charge >= 0.3 is 0 Å². The van der Waals surface area contributed by atoms with Gasteiger partial charge in [-0.05, 0) is 43.6 Å². The molecule has 3 rings (SSSR count). The topological polar surface area (TPSA) is 61.8 Å². The molecule has 1 aromatic rings. The fourth-order valence-corrected chi connectivity index (χ4v) is 4.62. The van der Waals surface area contributed by atoms with Crippen LogP contribution in [0.15, 0.2) is 17.1 Å². The number of aliphatic imine (C=N–C) groups is 1. The van der Waals surface area contributed by atoms with Crippen LogP contribution in [0.5, 0.6) is 17.2 Å². The van der Waals surface area contributed by atoms with E-state index in [0.29, 0.717) is 17.2 Å². The summed E-state index contributed by atoms with van der Waals surface area (Å²) in [6.45, 7) is 9.29. The van der Waals surface area contributed by atoms with E-state index in [0.717, 1.165) is 57.3 Å². The predicted octanol–water partition coefficient (Wildman–Crippen LogP) is 2.90. The molecule has 0 bridgehead atoms. The van der Waals surface area contributed by atoms with Crippen LogP contribution >= 0.6 is 24.0 Å². The Kier molecular flexibility index (Phi) is 12.4. The van der Waals surface area contributed by atoms with Gasteiger partial charge in [0.05, 0.1) is 21.3 Å². The summed E-state index contributed by atoms with van der Waals surface area (Å²) in [4.78, 5) is 11.9. The number of nitrogens with one attached hydrogen (secondary N) is 1.